The summed E-state index contributed by atoms with van der Waals surface area (Å²) in [4.78, 5) is 6.26. The van der Waals surface area contributed by atoms with E-state index in [9.17, 15) is 0 Å². The van der Waals surface area contributed by atoms with Gasteiger partial charge < -0.3 is 14.5 Å². The molecule has 4 heteroatoms. The molecule has 6 rings (SSSR count). The van der Waals surface area contributed by atoms with Gasteiger partial charge in [-0.2, -0.15) is 0 Å². The van der Waals surface area contributed by atoms with Crippen LogP contribution in [0.2, 0.25) is 0 Å². The second-order valence-electron chi connectivity index (χ2n) is 9.05. The Kier molecular flexibility index (Phi) is 4.69. The predicted molar refractivity (Wildman–Crippen MR) is 127 cm³/mol. The summed E-state index contributed by atoms with van der Waals surface area (Å²) in [5, 5.41) is 1.36. The summed E-state index contributed by atoms with van der Waals surface area (Å²) in [5.41, 5.74) is 9.27. The second-order valence-corrected chi connectivity index (χ2v) is 9.05. The monoisotopic (exact) mass is 424 g/mol. The number of hydrogen-bond donors (Lipinski definition) is 1. The summed E-state index contributed by atoms with van der Waals surface area (Å²) < 4.78 is 12.0. The van der Waals surface area contributed by atoms with Crippen LogP contribution in [0.25, 0.3) is 10.9 Å². The van der Waals surface area contributed by atoms with Crippen molar-refractivity contribution in [2.75, 3.05) is 13.7 Å². The van der Waals surface area contributed by atoms with E-state index in [2.05, 4.69) is 77.5 Å². The van der Waals surface area contributed by atoms with Crippen molar-refractivity contribution in [1.29, 1.82) is 0 Å². The van der Waals surface area contributed by atoms with Crippen LogP contribution in [0.5, 0.6) is 11.5 Å². The quantitative estimate of drug-likeness (QED) is 0.455. The van der Waals surface area contributed by atoms with Crippen molar-refractivity contribution in [2.24, 2.45) is 0 Å². The van der Waals surface area contributed by atoms with Gasteiger partial charge in [0.2, 0.25) is 0 Å². The summed E-state index contributed by atoms with van der Waals surface area (Å²) in [7, 11) is 1.74. The lowest BCUT2D eigenvalue weighted by Gasteiger charge is -2.40. The van der Waals surface area contributed by atoms with E-state index in [1.165, 1.54) is 44.4 Å². The molecule has 0 bridgehead atoms. The van der Waals surface area contributed by atoms with Crippen molar-refractivity contribution >= 4 is 10.9 Å². The van der Waals surface area contributed by atoms with Gasteiger partial charge >= 0.3 is 0 Å². The van der Waals surface area contributed by atoms with Crippen LogP contribution < -0.4 is 9.47 Å². The molecule has 2 aliphatic rings. The number of rotatable bonds is 4. The molecule has 162 valence electrons. The normalized spacial score (nSPS) is 17.5. The van der Waals surface area contributed by atoms with Crippen molar-refractivity contribution in [3.05, 3.63) is 94.2 Å². The van der Waals surface area contributed by atoms with E-state index in [4.69, 9.17) is 9.47 Å². The summed E-state index contributed by atoms with van der Waals surface area (Å²) in [6, 6.07) is 21.9. The minimum atomic E-state index is 0.380. The maximum atomic E-state index is 6.23. The van der Waals surface area contributed by atoms with Gasteiger partial charge in [0.05, 0.1) is 7.11 Å². The van der Waals surface area contributed by atoms with E-state index in [0.717, 1.165) is 37.4 Å². The Hall–Kier alpha value is -3.24. The average molecular weight is 425 g/mol. The van der Waals surface area contributed by atoms with Crippen LogP contribution >= 0.6 is 0 Å². The number of ether oxygens (including phenoxy) is 2. The van der Waals surface area contributed by atoms with Gasteiger partial charge in [0.1, 0.15) is 6.61 Å². The molecular weight excluding hydrogens is 396 g/mol. The van der Waals surface area contributed by atoms with Crippen LogP contribution in [0.15, 0.2) is 60.7 Å². The number of aromatic amines is 1. The molecule has 3 aromatic carbocycles. The van der Waals surface area contributed by atoms with Gasteiger partial charge in [-0.05, 0) is 60.2 Å². The smallest absolute Gasteiger partial charge is 0.161 e. The summed E-state index contributed by atoms with van der Waals surface area (Å²) in [5.74, 6) is 1.66. The van der Waals surface area contributed by atoms with Gasteiger partial charge in [-0.25, -0.2) is 0 Å². The van der Waals surface area contributed by atoms with Gasteiger partial charge in [-0.3, -0.25) is 4.90 Å². The van der Waals surface area contributed by atoms with Gasteiger partial charge in [-0.15, -0.1) is 0 Å². The van der Waals surface area contributed by atoms with Crippen LogP contribution in [0.1, 0.15) is 39.6 Å². The number of benzene rings is 3. The third kappa shape index (κ3) is 3.26. The highest BCUT2D eigenvalue weighted by molar-refractivity contribution is 5.85. The van der Waals surface area contributed by atoms with Crippen molar-refractivity contribution in [1.82, 2.24) is 9.88 Å². The van der Waals surface area contributed by atoms with Crippen LogP contribution in [-0.4, -0.2) is 23.5 Å². The van der Waals surface area contributed by atoms with Gasteiger partial charge in [0.25, 0.3) is 0 Å². The van der Waals surface area contributed by atoms with Crippen molar-refractivity contribution in [3.63, 3.8) is 0 Å². The number of hydrogen-bond acceptors (Lipinski definition) is 3. The van der Waals surface area contributed by atoms with Gasteiger partial charge in [-0.1, -0.05) is 48.0 Å². The van der Waals surface area contributed by atoms with Gasteiger partial charge in [0, 0.05) is 35.7 Å². The van der Waals surface area contributed by atoms with Gasteiger partial charge in [0.15, 0.2) is 11.5 Å². The largest absolute Gasteiger partial charge is 0.493 e. The van der Waals surface area contributed by atoms with Crippen LogP contribution in [0, 0.1) is 6.92 Å². The van der Waals surface area contributed by atoms with E-state index in [1.807, 2.05) is 0 Å². The van der Waals surface area contributed by atoms with Crippen LogP contribution in [0.4, 0.5) is 0 Å². The Labute approximate surface area is 188 Å². The maximum Gasteiger partial charge on any atom is 0.161 e. The average Bonchev–Trinajstić information content (AvgIpc) is 3.18. The zero-order valence-corrected chi connectivity index (χ0v) is 18.7. The molecule has 32 heavy (non-hydrogen) atoms. The molecule has 4 aromatic rings. The topological polar surface area (TPSA) is 37.5 Å². The van der Waals surface area contributed by atoms with Crippen molar-refractivity contribution < 1.29 is 9.47 Å². The van der Waals surface area contributed by atoms with E-state index in [-0.39, 0.29) is 0 Å². The first-order valence-corrected chi connectivity index (χ1v) is 11.4. The molecule has 3 heterocycles. The first kappa shape index (κ1) is 19.4. The van der Waals surface area contributed by atoms with Crippen LogP contribution in [0.3, 0.4) is 0 Å². The number of fused-ring (bicyclic) bond motifs is 6. The highest BCUT2D eigenvalue weighted by Gasteiger charge is 2.34. The minimum absolute atomic E-state index is 0.380. The first-order valence-electron chi connectivity index (χ1n) is 11.4. The number of nitrogens with one attached hydrogen (secondary N) is 1. The lowest BCUT2D eigenvalue weighted by Crippen LogP contribution is -2.39. The lowest BCUT2D eigenvalue weighted by molar-refractivity contribution is 0.158. The number of aromatic nitrogens is 1. The fraction of sp³-hybridized carbons (Fsp3) is 0.286. The Morgan fingerprint density at radius 3 is 2.81 bits per heavy atom. The molecular formula is C28H28N2O2. The van der Waals surface area contributed by atoms with E-state index < -0.39 is 0 Å². The molecule has 0 spiro atoms. The van der Waals surface area contributed by atoms with E-state index in [1.54, 1.807) is 7.11 Å². The van der Waals surface area contributed by atoms with Crippen molar-refractivity contribution in [2.45, 2.75) is 39.0 Å². The Morgan fingerprint density at radius 2 is 1.94 bits per heavy atom. The summed E-state index contributed by atoms with van der Waals surface area (Å²) in [6.07, 6.45) is 2.06. The Morgan fingerprint density at radius 1 is 1.03 bits per heavy atom. The molecule has 0 fully saturated rings. The minimum Gasteiger partial charge on any atom is -0.493 e. The number of H-pyrrole nitrogens is 1. The number of nitrogens with zero attached hydrogens (tertiary/aromatic N) is 1. The standard InChI is InChI=1S/C28H28N2O2/c1-18-6-5-7-19(12-18)17-32-28-13-20-10-11-30-16-25-23(21-8-3-4-9-24(21)29-25)14-26(30)22(20)15-27(28)31-2/h3-9,12-13,15,26,29H,10-11,14,16-17H2,1-2H3. The molecule has 2 aliphatic heterocycles. The molecule has 0 saturated carbocycles. The lowest BCUT2D eigenvalue weighted by atomic mass is 9.85. The third-order valence-corrected chi connectivity index (χ3v) is 7.03. The predicted octanol–water partition coefficient (Wildman–Crippen LogP) is 5.72. The Bertz CT molecular complexity index is 1310. The molecule has 1 aromatic heterocycles. The zero-order chi connectivity index (χ0) is 21.7. The molecule has 1 N–H and O–H groups in total. The number of methoxy groups -OCH3 is 1. The zero-order valence-electron chi connectivity index (χ0n) is 18.7. The SMILES string of the molecule is COc1cc2c(cc1OCc1cccc(C)c1)CCN1Cc3[nH]c4ccccc4c3CC21. The summed E-state index contributed by atoms with van der Waals surface area (Å²) >= 11 is 0. The molecule has 0 aliphatic carbocycles. The van der Waals surface area contributed by atoms with E-state index in [0.29, 0.717) is 12.6 Å². The Balaban J connectivity index is 1.32. The summed E-state index contributed by atoms with van der Waals surface area (Å²) in [6.45, 7) is 4.70. The molecule has 4 nitrogen and oxygen atoms in total. The fourth-order valence-electron chi connectivity index (χ4n) is 5.45. The van der Waals surface area contributed by atoms with E-state index >= 15 is 0 Å². The molecule has 0 amide bonds. The number of para-hydroxylation sites is 1. The first-order chi connectivity index (χ1) is 15.7. The second kappa shape index (κ2) is 7.72. The highest BCUT2D eigenvalue weighted by atomic mass is 16.5. The number of aryl methyl sites for hydroxylation is 1. The molecule has 0 radical (unpaired) electrons. The third-order valence-electron chi connectivity index (χ3n) is 7.03. The van der Waals surface area contributed by atoms with Crippen LogP contribution in [-0.2, 0) is 26.0 Å². The van der Waals surface area contributed by atoms with Crippen molar-refractivity contribution in [3.8, 4) is 11.5 Å². The fourth-order valence-corrected chi connectivity index (χ4v) is 5.45. The maximum absolute atomic E-state index is 6.23. The molecule has 1 unspecified atom stereocenters. The molecule has 1 atom stereocenters. The highest BCUT2D eigenvalue weighted by Crippen LogP contribution is 2.43. The molecule has 0 saturated heterocycles.